The fourth-order valence-electron chi connectivity index (χ4n) is 2.84. The van der Waals surface area contributed by atoms with E-state index in [1.165, 1.54) is 0 Å². The maximum Gasteiger partial charge on any atom is 0.325 e. The van der Waals surface area contributed by atoms with Crippen molar-refractivity contribution in [2.45, 2.75) is 24.7 Å². The van der Waals surface area contributed by atoms with Gasteiger partial charge in [0.05, 0.1) is 6.61 Å². The Morgan fingerprint density at radius 2 is 2.00 bits per heavy atom. The molecule has 0 unspecified atom stereocenters. The second kappa shape index (κ2) is 9.46. The van der Waals surface area contributed by atoms with Crippen molar-refractivity contribution in [3.8, 4) is 0 Å². The SMILES string of the molecule is CCOC(=O)CNC(=O)N1CCC[C@@H](C(=O)c2ccc(SC)cc2)C1. The van der Waals surface area contributed by atoms with E-state index < -0.39 is 5.97 Å². The van der Waals surface area contributed by atoms with Gasteiger partial charge in [0.25, 0.3) is 0 Å². The van der Waals surface area contributed by atoms with E-state index in [2.05, 4.69) is 5.32 Å². The van der Waals surface area contributed by atoms with Crippen LogP contribution in [-0.2, 0) is 9.53 Å². The molecule has 0 saturated carbocycles. The lowest BCUT2D eigenvalue weighted by atomic mass is 9.90. The number of carbonyl (C=O) groups excluding carboxylic acids is 3. The average Bonchev–Trinajstić information content (AvgIpc) is 2.66. The number of hydrogen-bond acceptors (Lipinski definition) is 5. The number of amides is 2. The van der Waals surface area contributed by atoms with Crippen molar-refractivity contribution in [1.29, 1.82) is 0 Å². The molecule has 1 aromatic carbocycles. The Bertz CT molecular complexity index is 618. The summed E-state index contributed by atoms with van der Waals surface area (Å²) in [7, 11) is 0. The van der Waals surface area contributed by atoms with Gasteiger partial charge in [0.15, 0.2) is 5.78 Å². The molecule has 136 valence electrons. The number of hydrogen-bond donors (Lipinski definition) is 1. The van der Waals surface area contributed by atoms with Gasteiger partial charge in [-0.25, -0.2) is 4.79 Å². The number of piperidine rings is 1. The molecule has 1 aliphatic rings. The largest absolute Gasteiger partial charge is 0.465 e. The highest BCUT2D eigenvalue weighted by Gasteiger charge is 2.29. The van der Waals surface area contributed by atoms with E-state index in [1.807, 2.05) is 30.5 Å². The quantitative estimate of drug-likeness (QED) is 0.477. The number of ether oxygens (including phenoxy) is 1. The number of thioether (sulfide) groups is 1. The van der Waals surface area contributed by atoms with Gasteiger partial charge in [-0.2, -0.15) is 0 Å². The average molecular weight is 364 g/mol. The van der Waals surface area contributed by atoms with E-state index in [0.717, 1.165) is 17.7 Å². The molecule has 1 atom stereocenters. The first kappa shape index (κ1) is 19.3. The molecule has 1 saturated heterocycles. The van der Waals surface area contributed by atoms with E-state index in [9.17, 15) is 14.4 Å². The van der Waals surface area contributed by atoms with Crippen LogP contribution < -0.4 is 5.32 Å². The van der Waals surface area contributed by atoms with E-state index >= 15 is 0 Å². The van der Waals surface area contributed by atoms with Crippen LogP contribution in [0.3, 0.4) is 0 Å². The number of esters is 1. The Morgan fingerprint density at radius 1 is 1.28 bits per heavy atom. The fourth-order valence-corrected chi connectivity index (χ4v) is 3.25. The molecule has 0 spiro atoms. The van der Waals surface area contributed by atoms with Crippen LogP contribution in [0.1, 0.15) is 30.1 Å². The fraction of sp³-hybridized carbons (Fsp3) is 0.500. The molecule has 0 aromatic heterocycles. The molecule has 6 nitrogen and oxygen atoms in total. The number of nitrogens with one attached hydrogen (secondary N) is 1. The Labute approximate surface area is 152 Å². The van der Waals surface area contributed by atoms with Crippen LogP contribution in [0.4, 0.5) is 4.79 Å². The molecule has 7 heteroatoms. The van der Waals surface area contributed by atoms with Gasteiger partial charge < -0.3 is 15.0 Å². The van der Waals surface area contributed by atoms with E-state index in [0.29, 0.717) is 18.7 Å². The normalized spacial score (nSPS) is 17.0. The first-order chi connectivity index (χ1) is 12.0. The lowest BCUT2D eigenvalue weighted by Crippen LogP contribution is -2.48. The summed E-state index contributed by atoms with van der Waals surface area (Å²) in [5.74, 6) is -0.605. The van der Waals surface area contributed by atoms with Crippen LogP contribution in [0, 0.1) is 5.92 Å². The lowest BCUT2D eigenvalue weighted by molar-refractivity contribution is -0.141. The van der Waals surface area contributed by atoms with E-state index in [1.54, 1.807) is 23.6 Å². The number of benzene rings is 1. The minimum absolute atomic E-state index is 0.0653. The lowest BCUT2D eigenvalue weighted by Gasteiger charge is -2.32. The Hall–Kier alpha value is -2.02. The zero-order valence-electron chi connectivity index (χ0n) is 14.6. The summed E-state index contributed by atoms with van der Waals surface area (Å²) in [6, 6.07) is 7.22. The number of carbonyl (C=O) groups is 3. The third kappa shape index (κ3) is 5.49. The molecule has 0 bridgehead atoms. The number of urea groups is 1. The Kier molecular flexibility index (Phi) is 7.31. The molecule has 1 N–H and O–H groups in total. The molecule has 1 fully saturated rings. The number of likely N-dealkylation sites (tertiary alicyclic amines) is 1. The highest BCUT2D eigenvalue weighted by molar-refractivity contribution is 7.98. The van der Waals surface area contributed by atoms with Gasteiger partial charge in [0.2, 0.25) is 0 Å². The van der Waals surface area contributed by atoms with Crippen molar-refractivity contribution in [2.24, 2.45) is 5.92 Å². The topological polar surface area (TPSA) is 75.7 Å². The number of Topliss-reactive ketones (excluding diaryl/α,β-unsaturated/α-hetero) is 1. The summed E-state index contributed by atoms with van der Waals surface area (Å²) in [6.45, 7) is 2.80. The summed E-state index contributed by atoms with van der Waals surface area (Å²) >= 11 is 1.63. The monoisotopic (exact) mass is 364 g/mol. The van der Waals surface area contributed by atoms with Gasteiger partial charge in [-0.05, 0) is 38.2 Å². The zero-order valence-corrected chi connectivity index (χ0v) is 15.4. The first-order valence-electron chi connectivity index (χ1n) is 8.41. The number of nitrogens with zero attached hydrogens (tertiary/aromatic N) is 1. The van der Waals surface area contributed by atoms with Gasteiger partial charge in [-0.15, -0.1) is 11.8 Å². The molecule has 1 heterocycles. The Morgan fingerprint density at radius 3 is 2.64 bits per heavy atom. The van der Waals surface area contributed by atoms with E-state index in [4.69, 9.17) is 4.74 Å². The highest BCUT2D eigenvalue weighted by Crippen LogP contribution is 2.22. The Balaban J connectivity index is 1.91. The van der Waals surface area contributed by atoms with Gasteiger partial charge in [0, 0.05) is 29.5 Å². The van der Waals surface area contributed by atoms with Crippen molar-refractivity contribution in [3.63, 3.8) is 0 Å². The molecule has 2 rings (SSSR count). The minimum Gasteiger partial charge on any atom is -0.465 e. The van der Waals surface area contributed by atoms with Crippen molar-refractivity contribution >= 4 is 29.5 Å². The third-order valence-corrected chi connectivity index (χ3v) is 4.89. The summed E-state index contributed by atoms with van der Waals surface area (Å²) in [5.41, 5.74) is 0.677. The van der Waals surface area contributed by atoms with Crippen molar-refractivity contribution < 1.29 is 19.1 Å². The number of rotatable bonds is 6. The smallest absolute Gasteiger partial charge is 0.325 e. The first-order valence-corrected chi connectivity index (χ1v) is 9.64. The van der Waals surface area contributed by atoms with E-state index in [-0.39, 0.29) is 30.9 Å². The number of ketones is 1. The highest BCUT2D eigenvalue weighted by atomic mass is 32.2. The van der Waals surface area contributed by atoms with Crippen LogP contribution in [0.5, 0.6) is 0 Å². The predicted octanol–water partition coefficient (Wildman–Crippen LogP) is 2.58. The standard InChI is InChI=1S/C18H24N2O4S/c1-3-24-16(21)11-19-18(23)20-10-4-5-14(12-20)17(22)13-6-8-15(25-2)9-7-13/h6-9,14H,3-5,10-12H2,1-2H3,(H,19,23)/t14-/m1/s1. The second-order valence-corrected chi connectivity index (χ2v) is 6.72. The van der Waals surface area contributed by atoms with Crippen LogP contribution in [0.15, 0.2) is 29.2 Å². The molecule has 1 aliphatic heterocycles. The summed E-state index contributed by atoms with van der Waals surface area (Å²) in [5, 5.41) is 2.55. The zero-order chi connectivity index (χ0) is 18.2. The van der Waals surface area contributed by atoms with Crippen LogP contribution in [0.2, 0.25) is 0 Å². The maximum atomic E-state index is 12.7. The van der Waals surface area contributed by atoms with Gasteiger partial charge in [-0.1, -0.05) is 12.1 Å². The van der Waals surface area contributed by atoms with Gasteiger partial charge >= 0.3 is 12.0 Å². The predicted molar refractivity (Wildman–Crippen MR) is 96.9 cm³/mol. The maximum absolute atomic E-state index is 12.7. The second-order valence-electron chi connectivity index (χ2n) is 5.84. The molecule has 0 aliphatic carbocycles. The molecule has 1 aromatic rings. The van der Waals surface area contributed by atoms with Crippen molar-refractivity contribution in [2.75, 3.05) is 32.5 Å². The summed E-state index contributed by atoms with van der Waals surface area (Å²) in [6.07, 6.45) is 3.53. The minimum atomic E-state index is -0.464. The third-order valence-electron chi connectivity index (χ3n) is 4.14. The molecular weight excluding hydrogens is 340 g/mol. The van der Waals surface area contributed by atoms with Crippen LogP contribution in [0.25, 0.3) is 0 Å². The van der Waals surface area contributed by atoms with Gasteiger partial charge in [0.1, 0.15) is 6.54 Å². The summed E-state index contributed by atoms with van der Waals surface area (Å²) in [4.78, 5) is 38.9. The molecule has 0 radical (unpaired) electrons. The van der Waals surface area contributed by atoms with Crippen molar-refractivity contribution in [3.05, 3.63) is 29.8 Å². The van der Waals surface area contributed by atoms with Crippen molar-refractivity contribution in [1.82, 2.24) is 10.2 Å². The van der Waals surface area contributed by atoms with Crippen LogP contribution in [-0.4, -0.2) is 55.2 Å². The molecule has 2 amide bonds. The van der Waals surface area contributed by atoms with Crippen LogP contribution >= 0.6 is 11.8 Å². The molecule has 25 heavy (non-hydrogen) atoms. The van der Waals surface area contributed by atoms with Gasteiger partial charge in [-0.3, -0.25) is 9.59 Å². The summed E-state index contributed by atoms with van der Waals surface area (Å²) < 4.78 is 4.79. The molecular formula is C18H24N2O4S.